The Morgan fingerprint density at radius 2 is 1.75 bits per heavy atom. The quantitative estimate of drug-likeness (QED) is 0.571. The number of hydrogen-bond donors (Lipinski definition) is 0. The molecule has 0 N–H and O–H groups in total. The topological polar surface area (TPSA) is 9.23 Å². The number of hydrogen-bond acceptors (Lipinski definition) is 1. The maximum absolute atomic E-state index is 5.16. The first-order chi connectivity index (χ1) is 5.74. The summed E-state index contributed by atoms with van der Waals surface area (Å²) in [7, 11) is 1.80. The minimum Gasteiger partial charge on any atom is -0.384 e. The van der Waals surface area contributed by atoms with Crippen LogP contribution in [0.4, 0.5) is 0 Å². The van der Waals surface area contributed by atoms with Gasteiger partial charge in [-0.05, 0) is 18.3 Å². The molecule has 1 heteroatoms. The molecule has 0 aliphatic rings. The van der Waals surface area contributed by atoms with Crippen LogP contribution in [0, 0.1) is 11.8 Å². The molecule has 74 valence electrons. The summed E-state index contributed by atoms with van der Waals surface area (Å²) in [5, 5.41) is 0. The highest BCUT2D eigenvalue weighted by atomic mass is 16.5. The fourth-order valence-corrected chi connectivity index (χ4v) is 1.37. The molecule has 0 heterocycles. The van der Waals surface area contributed by atoms with Crippen LogP contribution in [0.25, 0.3) is 0 Å². The molecular formula is C11H24O. The van der Waals surface area contributed by atoms with E-state index in [4.69, 9.17) is 4.74 Å². The average molecular weight is 172 g/mol. The minimum atomic E-state index is 0.781. The van der Waals surface area contributed by atoms with Crippen molar-refractivity contribution in [1.82, 2.24) is 0 Å². The Labute approximate surface area is 77.5 Å². The predicted molar refractivity (Wildman–Crippen MR) is 54.3 cm³/mol. The molecule has 12 heavy (non-hydrogen) atoms. The van der Waals surface area contributed by atoms with Crippen LogP contribution in [0.2, 0.25) is 0 Å². The van der Waals surface area contributed by atoms with E-state index in [1.807, 2.05) is 0 Å². The molecule has 0 radical (unpaired) electrons. The molecule has 0 bridgehead atoms. The number of ether oxygens (including phenoxy) is 1. The van der Waals surface area contributed by atoms with Crippen LogP contribution in [0.1, 0.15) is 46.5 Å². The molecule has 0 saturated carbocycles. The van der Waals surface area contributed by atoms with Crippen LogP contribution in [0.3, 0.4) is 0 Å². The van der Waals surface area contributed by atoms with Gasteiger partial charge in [0.15, 0.2) is 0 Å². The summed E-state index contributed by atoms with van der Waals surface area (Å²) in [6, 6.07) is 0. The first-order valence-electron chi connectivity index (χ1n) is 5.23. The highest BCUT2D eigenvalue weighted by molar-refractivity contribution is 4.59. The lowest BCUT2D eigenvalue weighted by molar-refractivity contribution is 0.142. The van der Waals surface area contributed by atoms with Crippen LogP contribution in [0.5, 0.6) is 0 Å². The summed E-state index contributed by atoms with van der Waals surface area (Å²) in [5.41, 5.74) is 0. The molecule has 0 spiro atoms. The summed E-state index contributed by atoms with van der Waals surface area (Å²) in [6.45, 7) is 7.79. The Kier molecular flexibility index (Phi) is 7.58. The third kappa shape index (κ3) is 5.59. The van der Waals surface area contributed by atoms with Gasteiger partial charge < -0.3 is 4.74 Å². The lowest BCUT2D eigenvalue weighted by atomic mass is 9.94. The molecule has 2 unspecified atom stereocenters. The van der Waals surface area contributed by atoms with Crippen molar-refractivity contribution in [2.24, 2.45) is 11.8 Å². The maximum atomic E-state index is 5.16. The maximum Gasteiger partial charge on any atom is 0.0490 e. The summed E-state index contributed by atoms with van der Waals surface area (Å²) < 4.78 is 5.16. The molecule has 0 aliphatic heterocycles. The third-order valence-electron chi connectivity index (χ3n) is 2.74. The summed E-state index contributed by atoms with van der Waals surface area (Å²) in [6.07, 6.45) is 5.26. The van der Waals surface area contributed by atoms with Gasteiger partial charge in [-0.1, -0.05) is 40.0 Å². The van der Waals surface area contributed by atoms with E-state index >= 15 is 0 Å². The zero-order chi connectivity index (χ0) is 9.40. The fourth-order valence-electron chi connectivity index (χ4n) is 1.37. The Bertz CT molecular complexity index is 91.0. The van der Waals surface area contributed by atoms with Crippen molar-refractivity contribution in [3.63, 3.8) is 0 Å². The standard InChI is InChI=1S/C11H24O/c1-5-10(3)7-8-11(6-2)9-12-4/h10-11H,5-9H2,1-4H3. The Hall–Kier alpha value is -0.0400. The van der Waals surface area contributed by atoms with Gasteiger partial charge in [0.1, 0.15) is 0 Å². The molecule has 0 aromatic carbocycles. The molecule has 1 nitrogen and oxygen atoms in total. The van der Waals surface area contributed by atoms with Crippen molar-refractivity contribution in [2.45, 2.75) is 46.5 Å². The Morgan fingerprint density at radius 3 is 2.17 bits per heavy atom. The molecular weight excluding hydrogens is 148 g/mol. The van der Waals surface area contributed by atoms with Crippen molar-refractivity contribution in [2.75, 3.05) is 13.7 Å². The average Bonchev–Trinajstić information content (AvgIpc) is 2.11. The van der Waals surface area contributed by atoms with Gasteiger partial charge in [0.25, 0.3) is 0 Å². The van der Waals surface area contributed by atoms with Crippen molar-refractivity contribution >= 4 is 0 Å². The monoisotopic (exact) mass is 172 g/mol. The van der Waals surface area contributed by atoms with E-state index in [1.54, 1.807) is 7.11 Å². The first kappa shape index (κ1) is 12.0. The van der Waals surface area contributed by atoms with Gasteiger partial charge >= 0.3 is 0 Å². The van der Waals surface area contributed by atoms with Crippen molar-refractivity contribution in [3.05, 3.63) is 0 Å². The van der Waals surface area contributed by atoms with E-state index < -0.39 is 0 Å². The lowest BCUT2D eigenvalue weighted by Crippen LogP contribution is -2.08. The zero-order valence-electron chi connectivity index (χ0n) is 9.10. The number of rotatable bonds is 7. The van der Waals surface area contributed by atoms with Gasteiger partial charge in [-0.2, -0.15) is 0 Å². The van der Waals surface area contributed by atoms with Crippen molar-refractivity contribution < 1.29 is 4.74 Å². The van der Waals surface area contributed by atoms with Gasteiger partial charge in [-0.15, -0.1) is 0 Å². The van der Waals surface area contributed by atoms with E-state index in [-0.39, 0.29) is 0 Å². The molecule has 0 amide bonds. The van der Waals surface area contributed by atoms with E-state index in [1.165, 1.54) is 25.7 Å². The molecule has 0 aromatic rings. The largest absolute Gasteiger partial charge is 0.384 e. The Morgan fingerprint density at radius 1 is 1.08 bits per heavy atom. The second kappa shape index (κ2) is 7.60. The van der Waals surface area contributed by atoms with E-state index in [9.17, 15) is 0 Å². The van der Waals surface area contributed by atoms with Crippen LogP contribution in [-0.4, -0.2) is 13.7 Å². The number of methoxy groups -OCH3 is 1. The van der Waals surface area contributed by atoms with Crippen LogP contribution < -0.4 is 0 Å². The highest BCUT2D eigenvalue weighted by Crippen LogP contribution is 2.17. The predicted octanol–water partition coefficient (Wildman–Crippen LogP) is 3.49. The fraction of sp³-hybridized carbons (Fsp3) is 1.00. The van der Waals surface area contributed by atoms with Gasteiger partial charge in [-0.3, -0.25) is 0 Å². The normalized spacial score (nSPS) is 16.0. The van der Waals surface area contributed by atoms with Crippen LogP contribution in [-0.2, 0) is 4.74 Å². The molecule has 0 aliphatic carbocycles. The summed E-state index contributed by atoms with van der Waals surface area (Å²) in [5.74, 6) is 1.67. The van der Waals surface area contributed by atoms with E-state index in [0.29, 0.717) is 0 Å². The minimum absolute atomic E-state index is 0.781. The molecule has 0 aromatic heterocycles. The Balaban J connectivity index is 3.43. The summed E-state index contributed by atoms with van der Waals surface area (Å²) >= 11 is 0. The SMILES string of the molecule is CCC(C)CCC(CC)COC. The van der Waals surface area contributed by atoms with Crippen LogP contribution in [0.15, 0.2) is 0 Å². The molecule has 2 atom stereocenters. The van der Waals surface area contributed by atoms with Crippen molar-refractivity contribution in [3.8, 4) is 0 Å². The van der Waals surface area contributed by atoms with Gasteiger partial charge in [0, 0.05) is 13.7 Å². The summed E-state index contributed by atoms with van der Waals surface area (Å²) in [4.78, 5) is 0. The van der Waals surface area contributed by atoms with Crippen molar-refractivity contribution in [1.29, 1.82) is 0 Å². The second-order valence-corrected chi connectivity index (χ2v) is 3.82. The van der Waals surface area contributed by atoms with Crippen LogP contribution >= 0.6 is 0 Å². The third-order valence-corrected chi connectivity index (χ3v) is 2.74. The molecule has 0 fully saturated rings. The smallest absolute Gasteiger partial charge is 0.0490 e. The molecule has 0 saturated heterocycles. The van der Waals surface area contributed by atoms with Gasteiger partial charge in [-0.25, -0.2) is 0 Å². The first-order valence-corrected chi connectivity index (χ1v) is 5.23. The lowest BCUT2D eigenvalue weighted by Gasteiger charge is -2.15. The highest BCUT2D eigenvalue weighted by Gasteiger charge is 2.07. The molecule has 0 rings (SSSR count). The van der Waals surface area contributed by atoms with Gasteiger partial charge in [0.2, 0.25) is 0 Å². The zero-order valence-corrected chi connectivity index (χ0v) is 9.10. The second-order valence-electron chi connectivity index (χ2n) is 3.82. The van der Waals surface area contributed by atoms with E-state index in [0.717, 1.165) is 18.4 Å². The van der Waals surface area contributed by atoms with Gasteiger partial charge in [0.05, 0.1) is 0 Å². The van der Waals surface area contributed by atoms with E-state index in [2.05, 4.69) is 20.8 Å².